The van der Waals surface area contributed by atoms with E-state index in [-0.39, 0.29) is 5.56 Å². The van der Waals surface area contributed by atoms with Gasteiger partial charge in [-0.2, -0.15) is 13.5 Å². The van der Waals surface area contributed by atoms with E-state index in [2.05, 4.69) is 25.2 Å². The van der Waals surface area contributed by atoms with Gasteiger partial charge in [0.05, 0.1) is 0 Å². The summed E-state index contributed by atoms with van der Waals surface area (Å²) < 4.78 is 101. The molecule has 0 saturated heterocycles. The van der Waals surface area contributed by atoms with Crippen LogP contribution in [0.15, 0.2) is 67.1 Å². The van der Waals surface area contributed by atoms with Crippen molar-refractivity contribution in [1.29, 1.82) is 0 Å². The highest BCUT2D eigenvalue weighted by atomic mass is 19.4. The molecule has 2 N–H and O–H groups in total. The maximum atomic E-state index is 15.7. The van der Waals surface area contributed by atoms with Crippen LogP contribution in [0, 0.1) is 11.6 Å². The Balaban J connectivity index is 1.69. The maximum Gasteiger partial charge on any atom is 0.573 e. The van der Waals surface area contributed by atoms with E-state index in [4.69, 9.17) is 0 Å². The third kappa shape index (κ3) is 4.98. The van der Waals surface area contributed by atoms with E-state index in [0.29, 0.717) is 17.7 Å². The second kappa shape index (κ2) is 9.18. The fourth-order valence-corrected chi connectivity index (χ4v) is 3.51. The number of pyridine rings is 1. The van der Waals surface area contributed by atoms with E-state index < -0.39 is 53.1 Å². The van der Waals surface area contributed by atoms with Crippen molar-refractivity contribution < 1.29 is 45.3 Å². The second-order valence-electron chi connectivity index (χ2n) is 7.62. The molecule has 188 valence electrons. The largest absolute Gasteiger partial charge is 0.573 e. The molecule has 2 heterocycles. The summed E-state index contributed by atoms with van der Waals surface area (Å²) in [5, 5.41) is 20.2. The third-order valence-electron chi connectivity index (χ3n) is 5.22. The Hall–Kier alpha value is -4.07. The molecule has 7 nitrogen and oxygen atoms in total. The van der Waals surface area contributed by atoms with Crippen LogP contribution in [-0.4, -0.2) is 32.0 Å². The molecule has 14 heteroatoms. The predicted octanol–water partition coefficient (Wildman–Crippen LogP) is 4.01. The van der Waals surface area contributed by atoms with Gasteiger partial charge in [-0.1, -0.05) is 23.4 Å². The van der Waals surface area contributed by atoms with E-state index in [9.17, 15) is 27.1 Å². The van der Waals surface area contributed by atoms with Crippen molar-refractivity contribution in [3.63, 3.8) is 0 Å². The number of H-pyrrole nitrogens is 1. The molecule has 4 rings (SSSR count). The molecule has 0 bridgehead atoms. The Morgan fingerprint density at radius 1 is 0.917 bits per heavy atom. The number of halogens is 7. The summed E-state index contributed by atoms with van der Waals surface area (Å²) in [7, 11) is 0. The molecule has 0 radical (unpaired) electrons. The van der Waals surface area contributed by atoms with E-state index in [0.717, 1.165) is 41.5 Å². The minimum Gasteiger partial charge on any atom is -0.406 e. The van der Waals surface area contributed by atoms with E-state index in [1.54, 1.807) is 0 Å². The SMILES string of the molecule is O[C@@](C[n+]1cnn[nH]1)(c1ccc(F)cc1F)C(F)(F)c1ccc(-c2ccc(OC(F)(F)F)cc2)cn1. The molecule has 0 aliphatic carbocycles. The quantitative estimate of drug-likeness (QED) is 0.288. The molecule has 0 fully saturated rings. The predicted molar refractivity (Wildman–Crippen MR) is 107 cm³/mol. The summed E-state index contributed by atoms with van der Waals surface area (Å²) in [6.45, 7) is -0.959. The fourth-order valence-electron chi connectivity index (χ4n) is 3.51. The zero-order chi connectivity index (χ0) is 26.1. The first-order valence-electron chi connectivity index (χ1n) is 10.0. The van der Waals surface area contributed by atoms with Gasteiger partial charge in [0.25, 0.3) is 6.33 Å². The first-order chi connectivity index (χ1) is 16.9. The lowest BCUT2D eigenvalue weighted by Crippen LogP contribution is -2.55. The Labute approximate surface area is 197 Å². The molecule has 2 aromatic heterocycles. The standard InChI is InChI=1S/C22H14F7N5O2/c23-15-4-7-17(18(24)9-15)20(35,11-34-12-31-32-33-34)21(25,26)19-8-3-14(10-30-19)13-1-5-16(6-2-13)36-22(27,28)29/h1-10,12,35H,11H2/p+1/t20-/m0/s1. The molecule has 4 aromatic rings. The Morgan fingerprint density at radius 2 is 1.61 bits per heavy atom. The highest BCUT2D eigenvalue weighted by molar-refractivity contribution is 5.63. The van der Waals surface area contributed by atoms with Gasteiger partial charge in [-0.3, -0.25) is 4.98 Å². The van der Waals surface area contributed by atoms with Crippen molar-refractivity contribution in [1.82, 2.24) is 20.5 Å². The lowest BCUT2D eigenvalue weighted by molar-refractivity contribution is -0.771. The number of nitrogens with zero attached hydrogens (tertiary/aromatic N) is 4. The molecule has 0 amide bonds. The van der Waals surface area contributed by atoms with Gasteiger partial charge in [-0.15, -0.1) is 13.2 Å². The number of hydrogen-bond acceptors (Lipinski definition) is 5. The molecule has 36 heavy (non-hydrogen) atoms. The molecular formula is C22H15F7N5O2+. The number of aromatic amines is 1. The lowest BCUT2D eigenvalue weighted by atomic mass is 9.84. The lowest BCUT2D eigenvalue weighted by Gasteiger charge is -2.34. The Bertz CT molecular complexity index is 1330. The minimum absolute atomic E-state index is 0.261. The van der Waals surface area contributed by atoms with Gasteiger partial charge in [0.15, 0.2) is 10.8 Å². The topological polar surface area (TPSA) is 87.8 Å². The van der Waals surface area contributed by atoms with Crippen molar-refractivity contribution in [2.45, 2.75) is 24.4 Å². The van der Waals surface area contributed by atoms with Crippen LogP contribution in [0.4, 0.5) is 30.7 Å². The van der Waals surface area contributed by atoms with Crippen LogP contribution >= 0.6 is 0 Å². The number of aliphatic hydroxyl groups is 1. The molecule has 0 aliphatic rings. The Kier molecular flexibility index (Phi) is 6.39. The minimum atomic E-state index is -4.87. The van der Waals surface area contributed by atoms with Crippen LogP contribution in [0.1, 0.15) is 11.3 Å². The van der Waals surface area contributed by atoms with E-state index >= 15 is 8.78 Å². The van der Waals surface area contributed by atoms with Gasteiger partial charge in [0.1, 0.15) is 34.7 Å². The molecule has 0 saturated carbocycles. The number of benzene rings is 2. The van der Waals surface area contributed by atoms with Crippen molar-refractivity contribution >= 4 is 0 Å². The third-order valence-corrected chi connectivity index (χ3v) is 5.22. The zero-order valence-electron chi connectivity index (χ0n) is 17.8. The summed E-state index contributed by atoms with van der Waals surface area (Å²) in [4.78, 5) is 3.71. The normalized spacial score (nSPS) is 13.9. The molecule has 0 aliphatic heterocycles. The summed E-state index contributed by atoms with van der Waals surface area (Å²) in [5.74, 6) is -7.15. The molecule has 1 atom stereocenters. The molecule has 2 aromatic carbocycles. The van der Waals surface area contributed by atoms with Crippen LogP contribution in [0.2, 0.25) is 0 Å². The number of alkyl halides is 5. The summed E-state index contributed by atoms with van der Waals surface area (Å²) in [6.07, 6.45) is -2.89. The average molecular weight is 514 g/mol. The van der Waals surface area contributed by atoms with Crippen LogP contribution in [0.3, 0.4) is 0 Å². The molecule has 0 spiro atoms. The second-order valence-corrected chi connectivity index (χ2v) is 7.62. The zero-order valence-corrected chi connectivity index (χ0v) is 17.8. The summed E-state index contributed by atoms with van der Waals surface area (Å²) in [6, 6.07) is 8.45. The molecular weight excluding hydrogens is 499 g/mol. The van der Waals surface area contributed by atoms with Crippen LogP contribution in [0.25, 0.3) is 11.1 Å². The van der Waals surface area contributed by atoms with Gasteiger partial charge in [0.2, 0.25) is 0 Å². The summed E-state index contributed by atoms with van der Waals surface area (Å²) >= 11 is 0. The van der Waals surface area contributed by atoms with Crippen molar-refractivity contribution in [2.24, 2.45) is 0 Å². The number of hydrogen-bond donors (Lipinski definition) is 2. The highest BCUT2D eigenvalue weighted by Crippen LogP contribution is 2.46. The van der Waals surface area contributed by atoms with Crippen LogP contribution in [-0.2, 0) is 18.1 Å². The smallest absolute Gasteiger partial charge is 0.406 e. The van der Waals surface area contributed by atoms with Crippen LogP contribution < -0.4 is 9.42 Å². The number of tetrazole rings is 1. The number of rotatable bonds is 7. The van der Waals surface area contributed by atoms with Gasteiger partial charge < -0.3 is 9.84 Å². The first-order valence-corrected chi connectivity index (χ1v) is 10.0. The Morgan fingerprint density at radius 3 is 2.17 bits per heavy atom. The van der Waals surface area contributed by atoms with Crippen molar-refractivity contribution in [2.75, 3.05) is 0 Å². The van der Waals surface area contributed by atoms with Crippen molar-refractivity contribution in [3.8, 4) is 16.9 Å². The van der Waals surface area contributed by atoms with E-state index in [1.165, 1.54) is 18.2 Å². The van der Waals surface area contributed by atoms with E-state index in [1.807, 2.05) is 0 Å². The number of nitrogens with one attached hydrogen (secondary N) is 1. The monoisotopic (exact) mass is 514 g/mol. The number of aromatic nitrogens is 5. The maximum absolute atomic E-state index is 15.7. The first kappa shape index (κ1) is 25.0. The summed E-state index contributed by atoms with van der Waals surface area (Å²) in [5.41, 5.74) is -4.53. The average Bonchev–Trinajstić information content (AvgIpc) is 3.31. The van der Waals surface area contributed by atoms with Crippen molar-refractivity contribution in [3.05, 3.63) is 90.0 Å². The van der Waals surface area contributed by atoms with Gasteiger partial charge in [0, 0.05) is 23.4 Å². The fraction of sp³-hybridized carbons (Fsp3) is 0.182. The van der Waals surface area contributed by atoms with Gasteiger partial charge >= 0.3 is 12.3 Å². The van der Waals surface area contributed by atoms with Gasteiger partial charge in [-0.25, -0.2) is 8.78 Å². The van der Waals surface area contributed by atoms with Gasteiger partial charge in [-0.05, 0) is 35.9 Å². The highest BCUT2D eigenvalue weighted by Gasteiger charge is 2.58. The van der Waals surface area contributed by atoms with Crippen LogP contribution in [0.5, 0.6) is 5.75 Å². The molecule has 0 unspecified atom stereocenters. The number of ether oxygens (including phenoxy) is 1.